The summed E-state index contributed by atoms with van der Waals surface area (Å²) in [6.07, 6.45) is 1.51. The lowest BCUT2D eigenvalue weighted by atomic mass is 10.1. The molecule has 1 unspecified atom stereocenters. The van der Waals surface area contributed by atoms with E-state index in [0.717, 1.165) is 13.0 Å². The molecule has 0 saturated carbocycles. The van der Waals surface area contributed by atoms with Gasteiger partial charge in [0, 0.05) is 13.0 Å². The molecule has 1 aliphatic rings. The molecule has 0 aromatic carbocycles. The second-order valence-corrected chi connectivity index (χ2v) is 4.42. The van der Waals surface area contributed by atoms with E-state index in [9.17, 15) is 9.59 Å². The van der Waals surface area contributed by atoms with Crippen molar-refractivity contribution in [1.29, 1.82) is 0 Å². The van der Waals surface area contributed by atoms with Crippen molar-refractivity contribution >= 4 is 11.9 Å². The van der Waals surface area contributed by atoms with E-state index in [2.05, 4.69) is 0 Å². The molecule has 1 rings (SSSR count). The lowest BCUT2D eigenvalue weighted by molar-refractivity contribution is -0.147. The fraction of sp³-hybridized carbons (Fsp3) is 0.818. The van der Waals surface area contributed by atoms with Crippen LogP contribution in [0.25, 0.3) is 0 Å². The van der Waals surface area contributed by atoms with Crippen LogP contribution in [0.15, 0.2) is 0 Å². The van der Waals surface area contributed by atoms with Crippen molar-refractivity contribution in [3.63, 3.8) is 0 Å². The molecule has 92 valence electrons. The molecule has 1 saturated heterocycles. The van der Waals surface area contributed by atoms with Gasteiger partial charge in [-0.1, -0.05) is 13.8 Å². The van der Waals surface area contributed by atoms with E-state index in [-0.39, 0.29) is 24.4 Å². The quantitative estimate of drug-likeness (QED) is 0.679. The Morgan fingerprint density at radius 1 is 1.56 bits per heavy atom. The monoisotopic (exact) mass is 228 g/mol. The molecule has 1 fully saturated rings. The van der Waals surface area contributed by atoms with Crippen LogP contribution in [-0.2, 0) is 14.3 Å². The van der Waals surface area contributed by atoms with Gasteiger partial charge in [0.15, 0.2) is 0 Å². The zero-order valence-electron chi connectivity index (χ0n) is 9.94. The largest absolute Gasteiger partial charge is 0.463 e. The molecule has 1 aliphatic heterocycles. The minimum absolute atomic E-state index is 0.0703. The molecule has 16 heavy (non-hydrogen) atoms. The molecule has 0 aliphatic carbocycles. The predicted molar refractivity (Wildman–Crippen MR) is 59.6 cm³/mol. The van der Waals surface area contributed by atoms with E-state index in [1.54, 1.807) is 4.90 Å². The molecule has 0 bridgehead atoms. The number of hydrogen-bond acceptors (Lipinski definition) is 4. The molecule has 0 aromatic rings. The van der Waals surface area contributed by atoms with Gasteiger partial charge in [-0.25, -0.2) is 0 Å². The van der Waals surface area contributed by atoms with E-state index >= 15 is 0 Å². The molecule has 0 aromatic heterocycles. The Kier molecular flexibility index (Phi) is 4.73. The van der Waals surface area contributed by atoms with Gasteiger partial charge in [-0.15, -0.1) is 0 Å². The van der Waals surface area contributed by atoms with E-state index in [1.807, 2.05) is 13.8 Å². The number of esters is 1. The van der Waals surface area contributed by atoms with Crippen LogP contribution in [0, 0.1) is 5.92 Å². The average molecular weight is 228 g/mol. The van der Waals surface area contributed by atoms with Crippen LogP contribution in [0.3, 0.4) is 0 Å². The maximum Gasteiger partial charge on any atom is 0.323 e. The molecule has 5 nitrogen and oxygen atoms in total. The van der Waals surface area contributed by atoms with E-state index < -0.39 is 6.04 Å². The minimum atomic E-state index is -0.575. The third kappa shape index (κ3) is 3.48. The number of likely N-dealkylation sites (tertiary alicyclic amines) is 1. The summed E-state index contributed by atoms with van der Waals surface area (Å²) >= 11 is 0. The summed E-state index contributed by atoms with van der Waals surface area (Å²) in [4.78, 5) is 24.4. The van der Waals surface area contributed by atoms with Crippen molar-refractivity contribution in [3.05, 3.63) is 0 Å². The third-order valence-electron chi connectivity index (χ3n) is 2.77. The van der Waals surface area contributed by atoms with Crippen LogP contribution >= 0.6 is 0 Å². The highest BCUT2D eigenvalue weighted by atomic mass is 16.5. The fourth-order valence-corrected chi connectivity index (χ4v) is 1.57. The summed E-state index contributed by atoms with van der Waals surface area (Å²) in [5.41, 5.74) is 5.63. The zero-order chi connectivity index (χ0) is 12.1. The molecule has 0 radical (unpaired) electrons. The van der Waals surface area contributed by atoms with Crippen molar-refractivity contribution < 1.29 is 14.3 Å². The zero-order valence-corrected chi connectivity index (χ0v) is 9.94. The number of ether oxygens (including phenoxy) is 1. The van der Waals surface area contributed by atoms with Crippen LogP contribution in [0.2, 0.25) is 0 Å². The van der Waals surface area contributed by atoms with Gasteiger partial charge in [-0.2, -0.15) is 0 Å². The Labute approximate surface area is 95.9 Å². The maximum absolute atomic E-state index is 11.4. The standard InChI is InChI=1S/C11H20N2O3/c1-8(2)10(12)11(15)16-7-6-13-5-3-4-9(13)14/h8,10H,3-7,12H2,1-2H3. The predicted octanol–water partition coefficient (Wildman–Crippen LogP) is 0.135. The number of carbonyl (C=O) groups is 2. The van der Waals surface area contributed by atoms with Crippen LogP contribution in [0.5, 0.6) is 0 Å². The Bertz CT molecular complexity index is 266. The first-order chi connectivity index (χ1) is 7.52. The smallest absolute Gasteiger partial charge is 0.323 e. The summed E-state index contributed by atoms with van der Waals surface area (Å²) in [5, 5.41) is 0. The molecule has 1 atom stereocenters. The van der Waals surface area contributed by atoms with Gasteiger partial charge >= 0.3 is 5.97 Å². The maximum atomic E-state index is 11.4. The van der Waals surface area contributed by atoms with Gasteiger partial charge in [0.05, 0.1) is 6.54 Å². The van der Waals surface area contributed by atoms with Crippen LogP contribution in [0.4, 0.5) is 0 Å². The normalized spacial score (nSPS) is 18.0. The summed E-state index contributed by atoms with van der Waals surface area (Å²) < 4.78 is 5.02. The van der Waals surface area contributed by atoms with E-state index in [1.165, 1.54) is 0 Å². The lowest BCUT2D eigenvalue weighted by Crippen LogP contribution is -2.38. The molecule has 5 heteroatoms. The molecule has 0 spiro atoms. The number of amides is 1. The van der Waals surface area contributed by atoms with Crippen molar-refractivity contribution in [3.8, 4) is 0 Å². The first-order valence-electron chi connectivity index (χ1n) is 5.72. The average Bonchev–Trinajstić information content (AvgIpc) is 2.63. The summed E-state index contributed by atoms with van der Waals surface area (Å²) in [6, 6.07) is -0.575. The molecule has 1 heterocycles. The Morgan fingerprint density at radius 3 is 2.75 bits per heavy atom. The van der Waals surface area contributed by atoms with Gasteiger partial charge < -0.3 is 15.4 Å². The van der Waals surface area contributed by atoms with Gasteiger partial charge in [0.1, 0.15) is 12.6 Å². The van der Waals surface area contributed by atoms with Crippen molar-refractivity contribution in [2.45, 2.75) is 32.7 Å². The van der Waals surface area contributed by atoms with Crippen molar-refractivity contribution in [2.24, 2.45) is 11.7 Å². The van der Waals surface area contributed by atoms with Gasteiger partial charge in [0.2, 0.25) is 5.91 Å². The first kappa shape index (κ1) is 13.0. The highest BCUT2D eigenvalue weighted by Crippen LogP contribution is 2.08. The topological polar surface area (TPSA) is 72.6 Å². The number of carbonyl (C=O) groups excluding carboxylic acids is 2. The highest BCUT2D eigenvalue weighted by molar-refractivity contribution is 5.78. The van der Waals surface area contributed by atoms with E-state index in [0.29, 0.717) is 13.0 Å². The summed E-state index contributed by atoms with van der Waals surface area (Å²) in [5.74, 6) is -0.174. The molecule has 2 N–H and O–H groups in total. The number of rotatable bonds is 5. The van der Waals surface area contributed by atoms with Gasteiger partial charge in [-0.3, -0.25) is 9.59 Å². The summed E-state index contributed by atoms with van der Waals surface area (Å²) in [6.45, 7) is 5.23. The lowest BCUT2D eigenvalue weighted by Gasteiger charge is -2.18. The van der Waals surface area contributed by atoms with Gasteiger partial charge in [-0.05, 0) is 12.3 Å². The third-order valence-corrected chi connectivity index (χ3v) is 2.77. The fourth-order valence-electron chi connectivity index (χ4n) is 1.57. The molecular weight excluding hydrogens is 208 g/mol. The number of hydrogen-bond donors (Lipinski definition) is 1. The SMILES string of the molecule is CC(C)C(N)C(=O)OCCN1CCCC1=O. The van der Waals surface area contributed by atoms with Crippen molar-refractivity contribution in [1.82, 2.24) is 4.90 Å². The van der Waals surface area contributed by atoms with Crippen LogP contribution < -0.4 is 5.73 Å². The highest BCUT2D eigenvalue weighted by Gasteiger charge is 2.22. The van der Waals surface area contributed by atoms with Gasteiger partial charge in [0.25, 0.3) is 0 Å². The Hall–Kier alpha value is -1.10. The summed E-state index contributed by atoms with van der Waals surface area (Å²) in [7, 11) is 0. The molecular formula is C11H20N2O3. The molecule has 1 amide bonds. The van der Waals surface area contributed by atoms with Crippen LogP contribution in [-0.4, -0.2) is 42.5 Å². The minimum Gasteiger partial charge on any atom is -0.463 e. The number of nitrogens with two attached hydrogens (primary N) is 1. The first-order valence-corrected chi connectivity index (χ1v) is 5.72. The Morgan fingerprint density at radius 2 is 2.25 bits per heavy atom. The van der Waals surface area contributed by atoms with Crippen molar-refractivity contribution in [2.75, 3.05) is 19.7 Å². The Balaban J connectivity index is 2.20. The van der Waals surface area contributed by atoms with Crippen LogP contribution in [0.1, 0.15) is 26.7 Å². The second kappa shape index (κ2) is 5.84. The second-order valence-electron chi connectivity index (χ2n) is 4.42. The number of nitrogens with zero attached hydrogens (tertiary/aromatic N) is 1. The van der Waals surface area contributed by atoms with E-state index in [4.69, 9.17) is 10.5 Å².